The molecular formula is C17H22N4O2. The fourth-order valence-electron chi connectivity index (χ4n) is 2.96. The van der Waals surface area contributed by atoms with E-state index in [-0.39, 0.29) is 18.2 Å². The molecule has 1 heterocycles. The fraction of sp³-hybridized carbons (Fsp3) is 0.412. The van der Waals surface area contributed by atoms with Gasteiger partial charge in [0.1, 0.15) is 0 Å². The van der Waals surface area contributed by atoms with E-state index in [0.29, 0.717) is 0 Å². The summed E-state index contributed by atoms with van der Waals surface area (Å²) in [7, 11) is 1.72. The Kier molecular flexibility index (Phi) is 4.62. The number of carbonyl (C=O) groups is 1. The number of hydrogen-bond acceptors (Lipinski definition) is 3. The molecule has 2 atom stereocenters. The highest BCUT2D eigenvalue weighted by atomic mass is 16.5. The van der Waals surface area contributed by atoms with Gasteiger partial charge in [0, 0.05) is 19.3 Å². The monoisotopic (exact) mass is 314 g/mol. The maximum atomic E-state index is 12.3. The van der Waals surface area contributed by atoms with Gasteiger partial charge in [0.15, 0.2) is 0 Å². The van der Waals surface area contributed by atoms with E-state index < -0.39 is 0 Å². The Balaban J connectivity index is 1.67. The van der Waals surface area contributed by atoms with Gasteiger partial charge in [-0.2, -0.15) is 5.10 Å². The Morgan fingerprint density at radius 1 is 1.30 bits per heavy atom. The van der Waals surface area contributed by atoms with Crippen LogP contribution in [0.25, 0.3) is 5.69 Å². The molecule has 1 aliphatic carbocycles. The smallest absolute Gasteiger partial charge is 0.319 e. The summed E-state index contributed by atoms with van der Waals surface area (Å²) in [6, 6.07) is 9.53. The number of aromatic nitrogens is 2. The minimum absolute atomic E-state index is 0.166. The van der Waals surface area contributed by atoms with Gasteiger partial charge in [-0.3, -0.25) is 0 Å². The quantitative estimate of drug-likeness (QED) is 0.912. The number of nitrogens with zero attached hydrogens (tertiary/aromatic N) is 2. The molecule has 2 aromatic rings. The largest absolute Gasteiger partial charge is 0.381 e. The topological polar surface area (TPSA) is 68.2 Å². The second-order valence-electron chi connectivity index (χ2n) is 5.88. The van der Waals surface area contributed by atoms with Gasteiger partial charge in [-0.1, -0.05) is 12.1 Å². The zero-order valence-electron chi connectivity index (χ0n) is 13.5. The molecule has 0 spiro atoms. The lowest BCUT2D eigenvalue weighted by Crippen LogP contribution is -2.37. The molecule has 1 saturated carbocycles. The summed E-state index contributed by atoms with van der Waals surface area (Å²) in [4.78, 5) is 12.3. The number of hydrogen-bond donors (Lipinski definition) is 2. The summed E-state index contributed by atoms with van der Waals surface area (Å²) in [6.07, 6.45) is 4.94. The molecule has 0 radical (unpaired) electrons. The van der Waals surface area contributed by atoms with Crippen molar-refractivity contribution < 1.29 is 9.53 Å². The third-order valence-electron chi connectivity index (χ3n) is 4.17. The van der Waals surface area contributed by atoms with E-state index >= 15 is 0 Å². The lowest BCUT2D eigenvalue weighted by Gasteiger charge is -2.15. The molecule has 6 heteroatoms. The van der Waals surface area contributed by atoms with Crippen LogP contribution in [0.3, 0.4) is 0 Å². The third kappa shape index (κ3) is 3.71. The highest BCUT2D eigenvalue weighted by Gasteiger charge is 2.25. The van der Waals surface area contributed by atoms with Crippen molar-refractivity contribution in [2.75, 3.05) is 12.4 Å². The summed E-state index contributed by atoms with van der Waals surface area (Å²) in [5, 5.41) is 10.3. The van der Waals surface area contributed by atoms with Crippen LogP contribution in [0.5, 0.6) is 0 Å². The van der Waals surface area contributed by atoms with Gasteiger partial charge in [-0.15, -0.1) is 0 Å². The van der Waals surface area contributed by atoms with Crippen molar-refractivity contribution in [2.24, 2.45) is 0 Å². The number of rotatable bonds is 4. The first-order valence-electron chi connectivity index (χ1n) is 7.87. The zero-order valence-corrected chi connectivity index (χ0v) is 13.5. The van der Waals surface area contributed by atoms with Crippen molar-refractivity contribution >= 4 is 11.7 Å². The van der Waals surface area contributed by atoms with Crippen LogP contribution >= 0.6 is 0 Å². The first-order chi connectivity index (χ1) is 11.2. The average Bonchev–Trinajstić information content (AvgIpc) is 3.16. The summed E-state index contributed by atoms with van der Waals surface area (Å²) < 4.78 is 7.10. The Bertz CT molecular complexity index is 683. The highest BCUT2D eigenvalue weighted by molar-refractivity contribution is 5.91. The van der Waals surface area contributed by atoms with Crippen molar-refractivity contribution in [3.63, 3.8) is 0 Å². The van der Waals surface area contributed by atoms with Crippen LogP contribution in [0.15, 0.2) is 36.5 Å². The SMILES string of the molecule is CO[C@@H]1CC[C@@H](NC(=O)Nc2ccccc2-n2ccc(C)n2)C1. The van der Waals surface area contributed by atoms with E-state index in [4.69, 9.17) is 4.74 Å². The van der Waals surface area contributed by atoms with Gasteiger partial charge in [-0.25, -0.2) is 9.48 Å². The molecule has 0 aliphatic heterocycles. The Labute approximate surface area is 135 Å². The van der Waals surface area contributed by atoms with E-state index in [2.05, 4.69) is 15.7 Å². The molecule has 0 saturated heterocycles. The molecule has 23 heavy (non-hydrogen) atoms. The van der Waals surface area contributed by atoms with Crippen LogP contribution in [0.2, 0.25) is 0 Å². The summed E-state index contributed by atoms with van der Waals surface area (Å²) in [5.74, 6) is 0. The average molecular weight is 314 g/mol. The van der Waals surface area contributed by atoms with Crippen molar-refractivity contribution in [1.29, 1.82) is 0 Å². The molecule has 1 aromatic heterocycles. The maximum absolute atomic E-state index is 12.3. The van der Waals surface area contributed by atoms with Gasteiger partial charge < -0.3 is 15.4 Å². The molecule has 1 aliphatic rings. The predicted molar refractivity (Wildman–Crippen MR) is 88.9 cm³/mol. The van der Waals surface area contributed by atoms with E-state index in [9.17, 15) is 4.79 Å². The third-order valence-corrected chi connectivity index (χ3v) is 4.17. The van der Waals surface area contributed by atoms with Crippen LogP contribution in [0.1, 0.15) is 25.0 Å². The Hall–Kier alpha value is -2.34. The molecule has 1 fully saturated rings. The van der Waals surface area contributed by atoms with Crippen molar-refractivity contribution in [1.82, 2.24) is 15.1 Å². The number of benzene rings is 1. The Morgan fingerprint density at radius 3 is 2.83 bits per heavy atom. The first-order valence-corrected chi connectivity index (χ1v) is 7.87. The lowest BCUT2D eigenvalue weighted by atomic mass is 10.2. The van der Waals surface area contributed by atoms with Gasteiger partial charge in [0.2, 0.25) is 0 Å². The molecule has 2 amide bonds. The van der Waals surface area contributed by atoms with Gasteiger partial charge >= 0.3 is 6.03 Å². The number of para-hydroxylation sites is 2. The van der Waals surface area contributed by atoms with Crippen molar-refractivity contribution in [3.8, 4) is 5.69 Å². The molecule has 6 nitrogen and oxygen atoms in total. The van der Waals surface area contributed by atoms with Crippen LogP contribution in [0, 0.1) is 6.92 Å². The molecule has 3 rings (SSSR count). The standard InChI is InChI=1S/C17H22N4O2/c1-12-9-10-21(20-12)16-6-4-3-5-15(16)19-17(22)18-13-7-8-14(11-13)23-2/h3-6,9-10,13-14H,7-8,11H2,1-2H3,(H2,18,19,22)/t13-,14-/m1/s1. The first kappa shape index (κ1) is 15.6. The summed E-state index contributed by atoms with van der Waals surface area (Å²) in [6.45, 7) is 1.94. The number of methoxy groups -OCH3 is 1. The van der Waals surface area contributed by atoms with Gasteiger partial charge in [-0.05, 0) is 44.4 Å². The van der Waals surface area contributed by atoms with Gasteiger partial charge in [0.25, 0.3) is 0 Å². The Morgan fingerprint density at radius 2 is 2.13 bits per heavy atom. The van der Waals surface area contributed by atoms with E-state index in [1.165, 1.54) is 0 Å². The molecular weight excluding hydrogens is 292 g/mol. The maximum Gasteiger partial charge on any atom is 0.319 e. The van der Waals surface area contributed by atoms with Crippen LogP contribution in [-0.2, 0) is 4.74 Å². The number of anilines is 1. The number of aryl methyl sites for hydroxylation is 1. The molecule has 1 aromatic carbocycles. The van der Waals surface area contributed by atoms with Gasteiger partial charge in [0.05, 0.1) is 23.2 Å². The highest BCUT2D eigenvalue weighted by Crippen LogP contribution is 2.22. The lowest BCUT2D eigenvalue weighted by molar-refractivity contribution is 0.107. The van der Waals surface area contributed by atoms with Crippen molar-refractivity contribution in [3.05, 3.63) is 42.2 Å². The second-order valence-corrected chi connectivity index (χ2v) is 5.88. The van der Waals surface area contributed by atoms with E-state index in [1.807, 2.05) is 43.5 Å². The predicted octanol–water partition coefficient (Wildman–Crippen LogP) is 2.87. The minimum Gasteiger partial charge on any atom is -0.381 e. The van der Waals surface area contributed by atoms with E-state index in [1.54, 1.807) is 11.8 Å². The number of amides is 2. The number of urea groups is 1. The normalized spacial score (nSPS) is 20.4. The van der Waals surface area contributed by atoms with E-state index in [0.717, 1.165) is 36.3 Å². The van der Waals surface area contributed by atoms with Crippen LogP contribution in [0.4, 0.5) is 10.5 Å². The molecule has 0 unspecified atom stereocenters. The van der Waals surface area contributed by atoms with Crippen LogP contribution in [-0.4, -0.2) is 35.1 Å². The molecule has 122 valence electrons. The fourth-order valence-corrected chi connectivity index (χ4v) is 2.96. The second kappa shape index (κ2) is 6.83. The van der Waals surface area contributed by atoms with Crippen LogP contribution < -0.4 is 10.6 Å². The summed E-state index contributed by atoms with van der Waals surface area (Å²) >= 11 is 0. The minimum atomic E-state index is -0.192. The number of ether oxygens (including phenoxy) is 1. The summed E-state index contributed by atoms with van der Waals surface area (Å²) in [5.41, 5.74) is 2.51. The molecule has 0 bridgehead atoms. The molecule has 2 N–H and O–H groups in total. The van der Waals surface area contributed by atoms with Crippen molar-refractivity contribution in [2.45, 2.75) is 38.3 Å². The number of carbonyl (C=O) groups excluding carboxylic acids is 1. The zero-order chi connectivity index (χ0) is 16.2. The number of nitrogens with one attached hydrogen (secondary N) is 2.